The normalized spacial score (nSPS) is 29.8. The van der Waals surface area contributed by atoms with Crippen LogP contribution in [0.5, 0.6) is 0 Å². The molecule has 0 fully saturated rings. The van der Waals surface area contributed by atoms with Crippen molar-refractivity contribution in [3.05, 3.63) is 77.0 Å². The number of benzene rings is 1. The zero-order valence-electron chi connectivity index (χ0n) is 20.3. The Balaban J connectivity index is 1.45. The fourth-order valence-electron chi connectivity index (χ4n) is 5.82. The van der Waals surface area contributed by atoms with Gasteiger partial charge in [-0.2, -0.15) is 0 Å². The average molecular weight is 459 g/mol. The van der Waals surface area contributed by atoms with Crippen molar-refractivity contribution in [3.8, 4) is 0 Å². The summed E-state index contributed by atoms with van der Waals surface area (Å²) in [5, 5.41) is 14.5. The fourth-order valence-corrected chi connectivity index (χ4v) is 5.82. The Hall–Kier alpha value is -2.59. The standard InChI is InChI=1S/C30H38N2O2/c1-2-3-4-11-18-34-29-20-27(31-30(32-29)25-16-9-10-17-28(25)33)26-19-21-12-5-6-13-22(21)23-14-7-8-15-24(23)26/h5-7,9,12-14,16,19-20,23-25,28,30-31,33H,2-4,8,10-11,15,17-18H2,1H3. The van der Waals surface area contributed by atoms with Crippen LogP contribution in [0.1, 0.15) is 75.3 Å². The Kier molecular flexibility index (Phi) is 7.34. The predicted molar refractivity (Wildman–Crippen MR) is 139 cm³/mol. The Bertz CT molecular complexity index is 1020. The first-order chi connectivity index (χ1) is 16.7. The summed E-state index contributed by atoms with van der Waals surface area (Å²) < 4.78 is 6.20. The van der Waals surface area contributed by atoms with E-state index < -0.39 is 0 Å². The van der Waals surface area contributed by atoms with Crippen LogP contribution in [0.15, 0.2) is 70.9 Å². The first-order valence-electron chi connectivity index (χ1n) is 13.3. The van der Waals surface area contributed by atoms with E-state index >= 15 is 0 Å². The Morgan fingerprint density at radius 3 is 2.76 bits per heavy atom. The number of aliphatic hydroxyl groups excluding tert-OH is 1. The largest absolute Gasteiger partial charge is 0.478 e. The van der Waals surface area contributed by atoms with Crippen LogP contribution in [-0.4, -0.2) is 29.9 Å². The number of nitrogens with one attached hydrogen (secondary N) is 1. The monoisotopic (exact) mass is 458 g/mol. The number of allylic oxidation sites excluding steroid dienone is 4. The van der Waals surface area contributed by atoms with Crippen LogP contribution in [0.25, 0.3) is 6.08 Å². The molecule has 34 heavy (non-hydrogen) atoms. The number of rotatable bonds is 7. The van der Waals surface area contributed by atoms with Crippen LogP contribution in [0.2, 0.25) is 0 Å². The van der Waals surface area contributed by atoms with Crippen molar-refractivity contribution in [3.63, 3.8) is 0 Å². The van der Waals surface area contributed by atoms with Gasteiger partial charge < -0.3 is 15.2 Å². The Morgan fingerprint density at radius 2 is 1.88 bits per heavy atom. The second-order valence-corrected chi connectivity index (χ2v) is 10.0. The molecular weight excluding hydrogens is 420 g/mol. The first-order valence-corrected chi connectivity index (χ1v) is 13.3. The molecule has 1 heterocycles. The van der Waals surface area contributed by atoms with E-state index in [4.69, 9.17) is 9.73 Å². The summed E-state index contributed by atoms with van der Waals surface area (Å²) in [5.74, 6) is 1.50. The second kappa shape index (κ2) is 10.8. The van der Waals surface area contributed by atoms with Gasteiger partial charge in [0.2, 0.25) is 5.90 Å². The lowest BCUT2D eigenvalue weighted by molar-refractivity contribution is 0.0981. The van der Waals surface area contributed by atoms with Crippen molar-refractivity contribution in [1.29, 1.82) is 0 Å². The molecule has 4 aliphatic rings. The molecular formula is C30H38N2O2. The maximum Gasteiger partial charge on any atom is 0.212 e. The number of aliphatic imine (C=N–C) groups is 1. The summed E-state index contributed by atoms with van der Waals surface area (Å²) in [7, 11) is 0. The molecule has 0 spiro atoms. The number of hydrogen-bond acceptors (Lipinski definition) is 4. The summed E-state index contributed by atoms with van der Waals surface area (Å²) in [6.45, 7) is 2.92. The quantitative estimate of drug-likeness (QED) is 0.374. The fraction of sp³-hybridized carbons (Fsp3) is 0.500. The van der Waals surface area contributed by atoms with E-state index in [-0.39, 0.29) is 18.2 Å². The van der Waals surface area contributed by atoms with E-state index in [1.54, 1.807) is 0 Å². The molecule has 180 valence electrons. The number of ether oxygens (including phenoxy) is 1. The lowest BCUT2D eigenvalue weighted by atomic mass is 9.69. The van der Waals surface area contributed by atoms with Crippen LogP contribution >= 0.6 is 0 Å². The molecule has 1 aromatic rings. The third-order valence-electron chi connectivity index (χ3n) is 7.68. The van der Waals surface area contributed by atoms with Gasteiger partial charge in [-0.05, 0) is 60.8 Å². The number of fused-ring (bicyclic) bond motifs is 3. The van der Waals surface area contributed by atoms with Gasteiger partial charge >= 0.3 is 0 Å². The highest BCUT2D eigenvalue weighted by Crippen LogP contribution is 2.46. The first kappa shape index (κ1) is 23.2. The second-order valence-electron chi connectivity index (χ2n) is 10.0. The molecule has 4 heteroatoms. The highest BCUT2D eigenvalue weighted by molar-refractivity contribution is 5.90. The van der Waals surface area contributed by atoms with E-state index in [1.165, 1.54) is 36.0 Å². The summed E-state index contributed by atoms with van der Waals surface area (Å²) in [6, 6.07) is 8.78. The van der Waals surface area contributed by atoms with Gasteiger partial charge in [-0.3, -0.25) is 0 Å². The van der Waals surface area contributed by atoms with Gasteiger partial charge in [0.25, 0.3) is 0 Å². The lowest BCUT2D eigenvalue weighted by Crippen LogP contribution is -2.44. The van der Waals surface area contributed by atoms with Crippen LogP contribution in [-0.2, 0) is 4.74 Å². The van der Waals surface area contributed by atoms with Crippen molar-refractivity contribution in [2.24, 2.45) is 16.8 Å². The zero-order chi connectivity index (χ0) is 23.3. The van der Waals surface area contributed by atoms with Crippen molar-refractivity contribution in [2.75, 3.05) is 6.61 Å². The number of hydrogen-bond donors (Lipinski definition) is 2. The van der Waals surface area contributed by atoms with E-state index in [9.17, 15) is 5.11 Å². The number of unbranched alkanes of at least 4 members (excludes halogenated alkanes) is 3. The zero-order valence-corrected chi connectivity index (χ0v) is 20.3. The molecule has 0 saturated carbocycles. The van der Waals surface area contributed by atoms with E-state index in [1.807, 2.05) is 0 Å². The third-order valence-corrected chi connectivity index (χ3v) is 7.68. The molecule has 0 bridgehead atoms. The third kappa shape index (κ3) is 4.93. The van der Waals surface area contributed by atoms with E-state index in [0.717, 1.165) is 37.8 Å². The molecule has 0 aromatic heterocycles. The lowest BCUT2D eigenvalue weighted by Gasteiger charge is -2.39. The molecule has 0 radical (unpaired) electrons. The Morgan fingerprint density at radius 1 is 1.03 bits per heavy atom. The van der Waals surface area contributed by atoms with Gasteiger partial charge in [0.05, 0.1) is 12.7 Å². The van der Waals surface area contributed by atoms with Gasteiger partial charge in [0, 0.05) is 23.6 Å². The topological polar surface area (TPSA) is 53.9 Å². The van der Waals surface area contributed by atoms with Crippen molar-refractivity contribution >= 4 is 12.0 Å². The Labute approximate surface area is 204 Å². The molecule has 0 saturated heterocycles. The molecule has 4 nitrogen and oxygen atoms in total. The molecule has 5 unspecified atom stereocenters. The molecule has 0 amide bonds. The van der Waals surface area contributed by atoms with Crippen LogP contribution in [0.3, 0.4) is 0 Å². The van der Waals surface area contributed by atoms with Crippen LogP contribution < -0.4 is 5.32 Å². The number of nitrogens with zero attached hydrogens (tertiary/aromatic N) is 1. The minimum absolute atomic E-state index is 0.0466. The van der Waals surface area contributed by atoms with Crippen LogP contribution in [0.4, 0.5) is 0 Å². The maximum atomic E-state index is 10.8. The van der Waals surface area contributed by atoms with Gasteiger partial charge in [0.1, 0.15) is 6.17 Å². The van der Waals surface area contributed by atoms with Crippen molar-refractivity contribution in [2.45, 2.75) is 76.5 Å². The number of aliphatic hydroxyl groups is 1. The van der Waals surface area contributed by atoms with E-state index in [0.29, 0.717) is 24.3 Å². The molecule has 1 aromatic carbocycles. The molecule has 3 aliphatic carbocycles. The SMILES string of the molecule is CCCCCCOC1=NC(C2C=CCCC2O)NC(C2=Cc3ccccc3C3C=CCCC23)=C1. The predicted octanol–water partition coefficient (Wildman–Crippen LogP) is 6.27. The highest BCUT2D eigenvalue weighted by atomic mass is 16.5. The van der Waals surface area contributed by atoms with Crippen molar-refractivity contribution in [1.82, 2.24) is 5.32 Å². The molecule has 5 rings (SSSR count). The van der Waals surface area contributed by atoms with Crippen molar-refractivity contribution < 1.29 is 9.84 Å². The molecule has 2 N–H and O–H groups in total. The van der Waals surface area contributed by atoms with Gasteiger partial charge in [0.15, 0.2) is 0 Å². The summed E-state index contributed by atoms with van der Waals surface area (Å²) in [5.41, 5.74) is 5.17. The van der Waals surface area contributed by atoms with Crippen LogP contribution in [0, 0.1) is 11.8 Å². The summed E-state index contributed by atoms with van der Waals surface area (Å²) >= 11 is 0. The molecule has 5 atom stereocenters. The van der Waals surface area contributed by atoms with E-state index in [2.05, 4.69) is 73.0 Å². The summed E-state index contributed by atoms with van der Waals surface area (Å²) in [4.78, 5) is 4.92. The molecule has 1 aliphatic heterocycles. The summed E-state index contributed by atoms with van der Waals surface area (Å²) in [6.07, 6.45) is 21.6. The van der Waals surface area contributed by atoms with Gasteiger partial charge in [-0.1, -0.05) is 74.8 Å². The maximum absolute atomic E-state index is 10.8. The van der Waals surface area contributed by atoms with Gasteiger partial charge in [-0.15, -0.1) is 0 Å². The minimum atomic E-state index is -0.386. The van der Waals surface area contributed by atoms with Gasteiger partial charge in [-0.25, -0.2) is 4.99 Å². The minimum Gasteiger partial charge on any atom is -0.478 e. The average Bonchev–Trinajstić information content (AvgIpc) is 2.88. The highest BCUT2D eigenvalue weighted by Gasteiger charge is 2.36. The smallest absolute Gasteiger partial charge is 0.212 e.